The Kier molecular flexibility index (Phi) is 4.04. The maximum Gasteiger partial charge on any atom is 0.225 e. The first-order valence-corrected chi connectivity index (χ1v) is 8.41. The van der Waals surface area contributed by atoms with Crippen molar-refractivity contribution in [2.75, 3.05) is 13.1 Å². The quantitative estimate of drug-likeness (QED) is 0.808. The minimum atomic E-state index is -0.312. The van der Waals surface area contributed by atoms with Crippen molar-refractivity contribution in [3.63, 3.8) is 0 Å². The Morgan fingerprint density at radius 2 is 1.95 bits per heavy atom. The van der Waals surface area contributed by atoms with Crippen molar-refractivity contribution in [1.29, 1.82) is 0 Å². The van der Waals surface area contributed by atoms with Crippen molar-refractivity contribution in [3.8, 4) is 0 Å². The molecule has 3 aliphatic rings. The molecule has 2 aliphatic heterocycles. The van der Waals surface area contributed by atoms with Gasteiger partial charge in [0.25, 0.3) is 0 Å². The van der Waals surface area contributed by atoms with E-state index >= 15 is 0 Å². The number of carbonyl (C=O) groups excluding carboxylic acids is 1. The van der Waals surface area contributed by atoms with Gasteiger partial charge in [0.1, 0.15) is 0 Å². The van der Waals surface area contributed by atoms with Gasteiger partial charge in [0.15, 0.2) is 0 Å². The molecule has 2 heterocycles. The number of nitrogens with two attached hydrogens (primary N) is 1. The molecule has 0 radical (unpaired) electrons. The molecule has 0 aromatic heterocycles. The Balaban J connectivity index is 1.61. The molecule has 20 heavy (non-hydrogen) atoms. The van der Waals surface area contributed by atoms with Crippen LogP contribution in [0.4, 0.5) is 0 Å². The number of nitrogens with zero attached hydrogens (tertiary/aromatic N) is 1. The van der Waals surface area contributed by atoms with Gasteiger partial charge in [-0.25, -0.2) is 0 Å². The SMILES string of the molecule is CC1(N)CCCCC1C(=O)NC1CCN2CCCCC12. The average Bonchev–Trinajstić information content (AvgIpc) is 2.81. The third-order valence-electron chi connectivity index (χ3n) is 5.75. The molecule has 3 N–H and O–H groups in total. The average molecular weight is 279 g/mol. The predicted molar refractivity (Wildman–Crippen MR) is 80.3 cm³/mol. The molecule has 3 fully saturated rings. The minimum absolute atomic E-state index is 0.00823. The van der Waals surface area contributed by atoms with Crippen molar-refractivity contribution in [3.05, 3.63) is 0 Å². The number of hydrogen-bond donors (Lipinski definition) is 2. The third-order valence-corrected chi connectivity index (χ3v) is 5.75. The van der Waals surface area contributed by atoms with Crippen molar-refractivity contribution in [2.45, 2.75) is 75.9 Å². The molecule has 4 unspecified atom stereocenters. The molecule has 1 amide bonds. The number of amides is 1. The molecule has 4 nitrogen and oxygen atoms in total. The summed E-state index contributed by atoms with van der Waals surface area (Å²) in [5.74, 6) is 0.223. The summed E-state index contributed by atoms with van der Waals surface area (Å²) in [5, 5.41) is 3.34. The predicted octanol–water partition coefficient (Wildman–Crippen LogP) is 1.64. The second-order valence-corrected chi connectivity index (χ2v) is 7.31. The zero-order valence-electron chi connectivity index (χ0n) is 12.7. The molecule has 0 bridgehead atoms. The van der Waals surface area contributed by atoms with Crippen molar-refractivity contribution in [2.24, 2.45) is 11.7 Å². The highest BCUT2D eigenvalue weighted by molar-refractivity contribution is 5.80. The van der Waals surface area contributed by atoms with Gasteiger partial charge in [-0.2, -0.15) is 0 Å². The Hall–Kier alpha value is -0.610. The first-order valence-electron chi connectivity index (χ1n) is 8.41. The van der Waals surface area contributed by atoms with E-state index in [2.05, 4.69) is 17.1 Å². The highest BCUT2D eigenvalue weighted by Crippen LogP contribution is 2.33. The first kappa shape index (κ1) is 14.3. The number of nitrogens with one attached hydrogen (secondary N) is 1. The summed E-state index contributed by atoms with van der Waals surface area (Å²) < 4.78 is 0. The molecular formula is C16H29N3O. The molecule has 2 saturated heterocycles. The van der Waals surface area contributed by atoms with Crippen LogP contribution < -0.4 is 11.1 Å². The zero-order valence-corrected chi connectivity index (χ0v) is 12.7. The molecule has 4 atom stereocenters. The standard InChI is InChI=1S/C16H29N3O/c1-16(17)9-4-2-6-12(16)15(20)18-13-8-11-19-10-5-3-7-14(13)19/h12-14H,2-11,17H2,1H3,(H,18,20). The molecule has 0 aromatic rings. The van der Waals surface area contributed by atoms with Crippen molar-refractivity contribution < 1.29 is 4.79 Å². The normalized spacial score (nSPS) is 42.2. The number of fused-ring (bicyclic) bond motifs is 1. The van der Waals surface area contributed by atoms with E-state index in [0.29, 0.717) is 12.1 Å². The van der Waals surface area contributed by atoms with Crippen LogP contribution in [0.2, 0.25) is 0 Å². The maximum absolute atomic E-state index is 12.6. The van der Waals surface area contributed by atoms with E-state index in [1.54, 1.807) is 0 Å². The van der Waals surface area contributed by atoms with Crippen LogP contribution in [-0.4, -0.2) is 41.5 Å². The molecule has 4 heteroatoms. The lowest BCUT2D eigenvalue weighted by Gasteiger charge is -2.39. The fourth-order valence-corrected chi connectivity index (χ4v) is 4.49. The lowest BCUT2D eigenvalue weighted by Crippen LogP contribution is -2.56. The molecular weight excluding hydrogens is 250 g/mol. The Labute approximate surface area is 122 Å². The highest BCUT2D eigenvalue weighted by Gasteiger charge is 2.41. The van der Waals surface area contributed by atoms with Gasteiger partial charge in [0, 0.05) is 24.2 Å². The van der Waals surface area contributed by atoms with E-state index in [1.807, 2.05) is 0 Å². The van der Waals surface area contributed by atoms with E-state index in [-0.39, 0.29) is 17.4 Å². The molecule has 114 valence electrons. The molecule has 1 saturated carbocycles. The topological polar surface area (TPSA) is 58.4 Å². The van der Waals surface area contributed by atoms with Crippen molar-refractivity contribution in [1.82, 2.24) is 10.2 Å². The Morgan fingerprint density at radius 1 is 1.15 bits per heavy atom. The maximum atomic E-state index is 12.6. The second kappa shape index (κ2) is 5.64. The monoisotopic (exact) mass is 279 g/mol. The van der Waals surface area contributed by atoms with Gasteiger partial charge < -0.3 is 11.1 Å². The van der Waals surface area contributed by atoms with Crippen LogP contribution in [-0.2, 0) is 4.79 Å². The van der Waals surface area contributed by atoms with Gasteiger partial charge in [-0.05, 0) is 45.6 Å². The van der Waals surface area contributed by atoms with Crippen molar-refractivity contribution >= 4 is 5.91 Å². The number of piperidine rings is 1. The summed E-state index contributed by atoms with van der Waals surface area (Å²) in [5.41, 5.74) is 6.05. The Bertz CT molecular complexity index is 369. The smallest absolute Gasteiger partial charge is 0.225 e. The lowest BCUT2D eigenvalue weighted by molar-refractivity contribution is -0.129. The third kappa shape index (κ3) is 2.73. The van der Waals surface area contributed by atoms with E-state index in [1.165, 1.54) is 25.8 Å². The van der Waals surface area contributed by atoms with Crippen LogP contribution in [0.25, 0.3) is 0 Å². The van der Waals surface area contributed by atoms with Crippen LogP contribution >= 0.6 is 0 Å². The van der Waals surface area contributed by atoms with Crippen LogP contribution in [0.5, 0.6) is 0 Å². The van der Waals surface area contributed by atoms with Crippen LogP contribution in [0.3, 0.4) is 0 Å². The minimum Gasteiger partial charge on any atom is -0.351 e. The van der Waals surface area contributed by atoms with E-state index in [9.17, 15) is 4.79 Å². The number of hydrogen-bond acceptors (Lipinski definition) is 3. The summed E-state index contributed by atoms with van der Waals surface area (Å²) in [6.07, 6.45) is 9.24. The zero-order chi connectivity index (χ0) is 14.2. The molecule has 0 spiro atoms. The van der Waals surface area contributed by atoms with Crippen LogP contribution in [0.15, 0.2) is 0 Å². The van der Waals surface area contributed by atoms with E-state index in [4.69, 9.17) is 5.73 Å². The van der Waals surface area contributed by atoms with Gasteiger partial charge in [0.2, 0.25) is 5.91 Å². The molecule has 1 aliphatic carbocycles. The summed E-state index contributed by atoms with van der Waals surface area (Å²) in [4.78, 5) is 15.2. The van der Waals surface area contributed by atoms with Crippen LogP contribution in [0, 0.1) is 5.92 Å². The van der Waals surface area contributed by atoms with Gasteiger partial charge in [-0.3, -0.25) is 9.69 Å². The fraction of sp³-hybridized carbons (Fsp3) is 0.938. The van der Waals surface area contributed by atoms with Gasteiger partial charge in [0.05, 0.1) is 5.92 Å². The van der Waals surface area contributed by atoms with E-state index in [0.717, 1.165) is 38.6 Å². The summed E-state index contributed by atoms with van der Waals surface area (Å²) in [6.45, 7) is 4.42. The van der Waals surface area contributed by atoms with Gasteiger partial charge >= 0.3 is 0 Å². The fourth-order valence-electron chi connectivity index (χ4n) is 4.49. The van der Waals surface area contributed by atoms with Gasteiger partial charge in [-0.15, -0.1) is 0 Å². The largest absolute Gasteiger partial charge is 0.351 e. The first-order chi connectivity index (χ1) is 9.58. The highest BCUT2D eigenvalue weighted by atomic mass is 16.2. The Morgan fingerprint density at radius 3 is 2.75 bits per heavy atom. The summed E-state index contributed by atoms with van der Waals surface area (Å²) in [7, 11) is 0. The lowest BCUT2D eigenvalue weighted by atomic mass is 9.74. The number of rotatable bonds is 2. The molecule has 0 aromatic carbocycles. The molecule has 3 rings (SSSR count). The van der Waals surface area contributed by atoms with Gasteiger partial charge in [-0.1, -0.05) is 19.3 Å². The second-order valence-electron chi connectivity index (χ2n) is 7.31. The number of carbonyl (C=O) groups is 1. The summed E-state index contributed by atoms with van der Waals surface area (Å²) >= 11 is 0. The van der Waals surface area contributed by atoms with Crippen LogP contribution in [0.1, 0.15) is 58.3 Å². The van der Waals surface area contributed by atoms with E-state index < -0.39 is 0 Å². The summed E-state index contributed by atoms with van der Waals surface area (Å²) in [6, 6.07) is 0.945.